The molecule has 1 heterocycles. The molecule has 1 aromatic rings. The molecule has 0 aliphatic carbocycles. The first-order valence-electron chi connectivity index (χ1n) is 4.00. The second-order valence-corrected chi connectivity index (χ2v) is 3.83. The highest BCUT2D eigenvalue weighted by atomic mass is 79.9. The predicted molar refractivity (Wildman–Crippen MR) is 51.6 cm³/mol. The molecular weight excluding hydrogens is 295 g/mol. The fraction of sp³-hybridized carbons (Fsp3) is 0.375. The van der Waals surface area contributed by atoms with Crippen molar-refractivity contribution >= 4 is 21.9 Å². The van der Waals surface area contributed by atoms with E-state index in [1.807, 2.05) is 0 Å². The third-order valence-electron chi connectivity index (χ3n) is 1.67. The van der Waals surface area contributed by atoms with Gasteiger partial charge in [0.15, 0.2) is 18.1 Å². The van der Waals surface area contributed by atoms with Crippen LogP contribution in [0.2, 0.25) is 0 Å². The molecule has 0 spiro atoms. The van der Waals surface area contributed by atoms with Crippen molar-refractivity contribution < 1.29 is 27.8 Å². The Balaban J connectivity index is 2.99. The first kappa shape index (κ1) is 12.9. The SMILES string of the molecule is Cn1cc(Br)c(OCC(F)(F)F)c1C(=O)O. The zero-order valence-corrected chi connectivity index (χ0v) is 9.59. The maximum atomic E-state index is 11.9. The molecule has 0 atom stereocenters. The number of carboxylic acids is 1. The van der Waals surface area contributed by atoms with Gasteiger partial charge in [0.25, 0.3) is 0 Å². The maximum Gasteiger partial charge on any atom is 0.422 e. The summed E-state index contributed by atoms with van der Waals surface area (Å²) in [6, 6.07) is 0. The van der Waals surface area contributed by atoms with E-state index in [9.17, 15) is 18.0 Å². The van der Waals surface area contributed by atoms with E-state index < -0.39 is 18.8 Å². The molecule has 0 saturated carbocycles. The number of ether oxygens (including phenoxy) is 1. The number of aryl methyl sites for hydroxylation is 1. The molecule has 0 radical (unpaired) electrons. The van der Waals surface area contributed by atoms with Crippen LogP contribution in [0.25, 0.3) is 0 Å². The summed E-state index contributed by atoms with van der Waals surface area (Å²) in [7, 11) is 1.40. The number of carbonyl (C=O) groups is 1. The summed E-state index contributed by atoms with van der Waals surface area (Å²) < 4.78 is 41.5. The Bertz CT molecular complexity index is 413. The molecule has 8 heteroatoms. The number of hydrogen-bond donors (Lipinski definition) is 1. The number of rotatable bonds is 3. The van der Waals surface area contributed by atoms with Crippen LogP contribution in [0.5, 0.6) is 5.75 Å². The number of carboxylic acid groups (broad SMARTS) is 1. The third-order valence-corrected chi connectivity index (χ3v) is 2.24. The topological polar surface area (TPSA) is 51.5 Å². The van der Waals surface area contributed by atoms with Crippen LogP contribution in [0.15, 0.2) is 10.7 Å². The third kappa shape index (κ3) is 2.91. The molecule has 0 saturated heterocycles. The minimum absolute atomic E-state index is 0.164. The lowest BCUT2D eigenvalue weighted by Crippen LogP contribution is -2.20. The average molecular weight is 302 g/mol. The normalized spacial score (nSPS) is 11.6. The van der Waals surface area contributed by atoms with Crippen LogP contribution < -0.4 is 4.74 Å². The van der Waals surface area contributed by atoms with Gasteiger partial charge in [0.05, 0.1) is 4.47 Å². The van der Waals surface area contributed by atoms with Crippen LogP contribution in [-0.4, -0.2) is 28.4 Å². The van der Waals surface area contributed by atoms with Gasteiger partial charge >= 0.3 is 12.1 Å². The van der Waals surface area contributed by atoms with Gasteiger partial charge in [-0.05, 0) is 15.9 Å². The number of aromatic carboxylic acids is 1. The van der Waals surface area contributed by atoms with E-state index in [1.165, 1.54) is 13.2 Å². The monoisotopic (exact) mass is 301 g/mol. The Morgan fingerprint density at radius 3 is 2.62 bits per heavy atom. The fourth-order valence-electron chi connectivity index (χ4n) is 1.11. The van der Waals surface area contributed by atoms with E-state index in [-0.39, 0.29) is 15.9 Å². The average Bonchev–Trinajstić information content (AvgIpc) is 2.35. The largest absolute Gasteiger partial charge is 0.480 e. The smallest absolute Gasteiger partial charge is 0.422 e. The van der Waals surface area contributed by atoms with Gasteiger partial charge in [-0.15, -0.1) is 0 Å². The molecule has 0 amide bonds. The Hall–Kier alpha value is -1.18. The molecule has 0 aliphatic rings. The zero-order chi connectivity index (χ0) is 12.5. The van der Waals surface area contributed by atoms with Crippen LogP contribution >= 0.6 is 15.9 Å². The van der Waals surface area contributed by atoms with Crippen LogP contribution in [0.3, 0.4) is 0 Å². The number of aromatic nitrogens is 1. The first-order chi connectivity index (χ1) is 7.22. The number of alkyl halides is 3. The molecule has 0 bridgehead atoms. The molecular formula is C8H7BrF3NO3. The Morgan fingerprint density at radius 2 is 2.19 bits per heavy atom. The number of halogens is 4. The fourth-order valence-corrected chi connectivity index (χ4v) is 1.72. The second-order valence-electron chi connectivity index (χ2n) is 2.97. The van der Waals surface area contributed by atoms with Gasteiger partial charge < -0.3 is 14.4 Å². The van der Waals surface area contributed by atoms with Gasteiger partial charge in [-0.1, -0.05) is 0 Å². The highest BCUT2D eigenvalue weighted by Gasteiger charge is 2.30. The lowest BCUT2D eigenvalue weighted by Gasteiger charge is -2.09. The number of nitrogens with zero attached hydrogens (tertiary/aromatic N) is 1. The Morgan fingerprint density at radius 1 is 1.62 bits per heavy atom. The molecule has 4 nitrogen and oxygen atoms in total. The minimum atomic E-state index is -4.51. The highest BCUT2D eigenvalue weighted by molar-refractivity contribution is 9.10. The van der Waals surface area contributed by atoms with Crippen molar-refractivity contribution in [2.24, 2.45) is 7.05 Å². The molecule has 1 N–H and O–H groups in total. The molecule has 1 aromatic heterocycles. The summed E-state index contributed by atoms with van der Waals surface area (Å²) in [5.41, 5.74) is -0.337. The van der Waals surface area contributed by atoms with Crippen molar-refractivity contribution in [3.63, 3.8) is 0 Å². The van der Waals surface area contributed by atoms with Crippen molar-refractivity contribution in [1.29, 1.82) is 0 Å². The van der Waals surface area contributed by atoms with E-state index in [0.717, 1.165) is 4.57 Å². The van der Waals surface area contributed by atoms with Crippen LogP contribution in [0.4, 0.5) is 13.2 Å². The minimum Gasteiger partial charge on any atom is -0.480 e. The first-order valence-corrected chi connectivity index (χ1v) is 4.79. The van der Waals surface area contributed by atoms with Gasteiger partial charge in [-0.25, -0.2) is 4.79 Å². The van der Waals surface area contributed by atoms with E-state index in [0.29, 0.717) is 0 Å². The Labute approximate surface area is 96.7 Å². The van der Waals surface area contributed by atoms with Gasteiger partial charge in [0.1, 0.15) is 0 Å². The molecule has 0 aromatic carbocycles. The molecule has 90 valence electrons. The lowest BCUT2D eigenvalue weighted by molar-refractivity contribution is -0.153. The van der Waals surface area contributed by atoms with Crippen molar-refractivity contribution in [1.82, 2.24) is 4.57 Å². The summed E-state index contributed by atoms with van der Waals surface area (Å²) >= 11 is 2.93. The standard InChI is InChI=1S/C8H7BrF3NO3/c1-13-2-4(9)6(5(13)7(14)15)16-3-8(10,11)12/h2H,3H2,1H3,(H,14,15). The van der Waals surface area contributed by atoms with Crippen LogP contribution in [-0.2, 0) is 7.05 Å². The van der Waals surface area contributed by atoms with E-state index in [1.54, 1.807) is 0 Å². The zero-order valence-electron chi connectivity index (χ0n) is 8.01. The quantitative estimate of drug-likeness (QED) is 0.933. The van der Waals surface area contributed by atoms with Crippen LogP contribution in [0, 0.1) is 0 Å². The van der Waals surface area contributed by atoms with Crippen LogP contribution in [0.1, 0.15) is 10.5 Å². The van der Waals surface area contributed by atoms with Crippen molar-refractivity contribution in [2.75, 3.05) is 6.61 Å². The van der Waals surface area contributed by atoms with Gasteiger partial charge in [-0.2, -0.15) is 13.2 Å². The molecule has 0 aliphatic heterocycles. The lowest BCUT2D eigenvalue weighted by atomic mass is 10.4. The van der Waals surface area contributed by atoms with E-state index >= 15 is 0 Å². The second kappa shape index (κ2) is 4.36. The summed E-state index contributed by atoms with van der Waals surface area (Å²) in [5.74, 6) is -1.68. The van der Waals surface area contributed by atoms with E-state index in [4.69, 9.17) is 5.11 Å². The summed E-state index contributed by atoms with van der Waals surface area (Å²) in [5, 5.41) is 8.79. The Kier molecular flexibility index (Phi) is 3.51. The maximum absolute atomic E-state index is 11.9. The predicted octanol–water partition coefficient (Wildman–Crippen LogP) is 2.43. The summed E-state index contributed by atoms with van der Waals surface area (Å²) in [4.78, 5) is 10.8. The van der Waals surface area contributed by atoms with Crippen molar-refractivity contribution in [2.45, 2.75) is 6.18 Å². The van der Waals surface area contributed by atoms with Gasteiger partial charge in [0.2, 0.25) is 0 Å². The summed E-state index contributed by atoms with van der Waals surface area (Å²) in [6.07, 6.45) is -3.19. The van der Waals surface area contributed by atoms with Crippen molar-refractivity contribution in [3.05, 3.63) is 16.4 Å². The molecule has 16 heavy (non-hydrogen) atoms. The summed E-state index contributed by atoms with van der Waals surface area (Å²) in [6.45, 7) is -1.53. The van der Waals surface area contributed by atoms with E-state index in [2.05, 4.69) is 20.7 Å². The molecule has 1 rings (SSSR count). The number of hydrogen-bond acceptors (Lipinski definition) is 2. The highest BCUT2D eigenvalue weighted by Crippen LogP contribution is 2.32. The van der Waals surface area contributed by atoms with Crippen molar-refractivity contribution in [3.8, 4) is 5.75 Å². The molecule has 0 fully saturated rings. The molecule has 0 unspecified atom stereocenters. The van der Waals surface area contributed by atoms with Gasteiger partial charge in [-0.3, -0.25) is 0 Å². The van der Waals surface area contributed by atoms with Gasteiger partial charge in [0, 0.05) is 13.2 Å².